The number of rotatable bonds is 11. The molecule has 0 aliphatic rings. The highest BCUT2D eigenvalue weighted by atomic mass is 16.5. The molecule has 0 unspecified atom stereocenters. The Labute approximate surface area is 103 Å². The van der Waals surface area contributed by atoms with Crippen molar-refractivity contribution in [3.8, 4) is 0 Å². The molecule has 0 saturated carbocycles. The Hall–Kier alpha value is -0.710. The third-order valence-electron chi connectivity index (χ3n) is 2.90. The Morgan fingerprint density at radius 1 is 1.47 bits per heavy atom. The lowest BCUT2D eigenvalue weighted by molar-refractivity contribution is -0.145. The second-order valence-corrected chi connectivity index (χ2v) is 4.19. The largest absolute Gasteiger partial charge is 0.394 e. The summed E-state index contributed by atoms with van der Waals surface area (Å²) >= 11 is 0. The maximum Gasteiger partial charge on any atom is 0.122 e. The van der Waals surface area contributed by atoms with Crippen LogP contribution in [0.4, 0.5) is 0 Å². The van der Waals surface area contributed by atoms with E-state index < -0.39 is 18.3 Å². The van der Waals surface area contributed by atoms with Crippen LogP contribution in [0, 0.1) is 0 Å². The summed E-state index contributed by atoms with van der Waals surface area (Å²) in [7, 11) is 0. The molecule has 0 aromatic carbocycles. The van der Waals surface area contributed by atoms with Gasteiger partial charge in [0.15, 0.2) is 0 Å². The molecule has 100 valence electrons. The Balaban J connectivity index is 4.66. The molecule has 0 radical (unpaired) electrons. The lowest BCUT2D eigenvalue weighted by atomic mass is 9.87. The third-order valence-corrected chi connectivity index (χ3v) is 2.90. The van der Waals surface area contributed by atoms with Crippen LogP contribution in [0.1, 0.15) is 39.0 Å². The number of aldehydes is 1. The predicted octanol–water partition coefficient (Wildman–Crippen LogP) is 1.45. The molecule has 0 aliphatic heterocycles. The van der Waals surface area contributed by atoms with Gasteiger partial charge in [-0.15, -0.1) is 6.58 Å². The van der Waals surface area contributed by atoms with E-state index in [0.29, 0.717) is 6.42 Å². The van der Waals surface area contributed by atoms with Crippen molar-refractivity contribution >= 4 is 6.29 Å². The lowest BCUT2D eigenvalue weighted by Gasteiger charge is -2.35. The van der Waals surface area contributed by atoms with Gasteiger partial charge in [0.25, 0.3) is 0 Å². The van der Waals surface area contributed by atoms with Gasteiger partial charge in [0.05, 0.1) is 13.2 Å². The van der Waals surface area contributed by atoms with Gasteiger partial charge in [-0.25, -0.2) is 0 Å². The van der Waals surface area contributed by atoms with E-state index in [4.69, 9.17) is 9.84 Å². The Morgan fingerprint density at radius 2 is 2.18 bits per heavy atom. The number of hydrogen-bond acceptors (Lipinski definition) is 4. The Morgan fingerprint density at radius 3 is 2.65 bits per heavy atom. The van der Waals surface area contributed by atoms with Crippen LogP contribution in [0.2, 0.25) is 0 Å². The Bertz CT molecular complexity index is 217. The number of hydrogen-bond donors (Lipinski definition) is 2. The van der Waals surface area contributed by atoms with Crippen LogP contribution in [0.25, 0.3) is 0 Å². The van der Waals surface area contributed by atoms with Gasteiger partial charge < -0.3 is 19.7 Å². The molecular formula is C13H24O4. The monoisotopic (exact) mass is 244 g/mol. The van der Waals surface area contributed by atoms with E-state index in [2.05, 4.69) is 13.5 Å². The minimum atomic E-state index is -1.04. The lowest BCUT2D eigenvalue weighted by Crippen LogP contribution is -2.47. The summed E-state index contributed by atoms with van der Waals surface area (Å²) in [6.07, 6.45) is 4.84. The molecule has 0 aromatic rings. The summed E-state index contributed by atoms with van der Waals surface area (Å²) in [6.45, 7) is 5.48. The number of carbonyl (C=O) groups is 1. The number of ether oxygens (including phenoxy) is 1. The highest BCUT2D eigenvalue weighted by molar-refractivity contribution is 5.51. The predicted molar refractivity (Wildman–Crippen MR) is 66.8 cm³/mol. The highest BCUT2D eigenvalue weighted by Crippen LogP contribution is 2.27. The molecule has 0 rings (SSSR count). The van der Waals surface area contributed by atoms with Crippen LogP contribution in [0.15, 0.2) is 12.7 Å². The van der Waals surface area contributed by atoms with E-state index in [9.17, 15) is 9.90 Å². The fourth-order valence-corrected chi connectivity index (χ4v) is 1.84. The highest BCUT2D eigenvalue weighted by Gasteiger charge is 2.37. The van der Waals surface area contributed by atoms with Crippen LogP contribution in [-0.2, 0) is 9.53 Å². The zero-order chi connectivity index (χ0) is 13.1. The van der Waals surface area contributed by atoms with Crippen LogP contribution < -0.4 is 0 Å². The first-order chi connectivity index (χ1) is 8.16. The molecule has 2 N–H and O–H groups in total. The summed E-state index contributed by atoms with van der Waals surface area (Å²) < 4.78 is 5.56. The molecular weight excluding hydrogens is 220 g/mol. The average molecular weight is 244 g/mol. The first-order valence-corrected chi connectivity index (χ1v) is 6.14. The minimum Gasteiger partial charge on any atom is -0.394 e. The van der Waals surface area contributed by atoms with Crippen molar-refractivity contribution in [1.29, 1.82) is 0 Å². The van der Waals surface area contributed by atoms with Crippen molar-refractivity contribution in [3.63, 3.8) is 0 Å². The quantitative estimate of drug-likeness (QED) is 0.328. The second kappa shape index (κ2) is 9.33. The van der Waals surface area contributed by atoms with Gasteiger partial charge >= 0.3 is 0 Å². The maximum absolute atomic E-state index is 10.7. The van der Waals surface area contributed by atoms with Gasteiger partial charge in [0, 0.05) is 6.42 Å². The van der Waals surface area contributed by atoms with E-state index in [1.807, 2.05) is 0 Å². The van der Waals surface area contributed by atoms with Crippen molar-refractivity contribution in [3.05, 3.63) is 12.7 Å². The van der Waals surface area contributed by atoms with Crippen molar-refractivity contribution in [2.24, 2.45) is 0 Å². The molecule has 0 heterocycles. The van der Waals surface area contributed by atoms with E-state index in [1.54, 1.807) is 6.08 Å². The number of aliphatic hydroxyl groups is 2. The molecule has 0 aromatic heterocycles. The zero-order valence-corrected chi connectivity index (χ0v) is 10.6. The molecule has 0 saturated heterocycles. The summed E-state index contributed by atoms with van der Waals surface area (Å²) in [5, 5.41) is 18.9. The van der Waals surface area contributed by atoms with Gasteiger partial charge in [-0.3, -0.25) is 0 Å². The van der Waals surface area contributed by atoms with Crippen LogP contribution in [0.3, 0.4) is 0 Å². The first-order valence-electron chi connectivity index (χ1n) is 6.14. The summed E-state index contributed by atoms with van der Waals surface area (Å²) in [4.78, 5) is 10.7. The van der Waals surface area contributed by atoms with E-state index in [-0.39, 0.29) is 13.0 Å². The fourth-order valence-electron chi connectivity index (χ4n) is 1.84. The Kier molecular flexibility index (Phi) is 8.94. The van der Waals surface area contributed by atoms with Crippen LogP contribution in [-0.4, -0.2) is 41.4 Å². The van der Waals surface area contributed by atoms with Crippen LogP contribution >= 0.6 is 0 Å². The zero-order valence-electron chi connectivity index (χ0n) is 10.6. The van der Waals surface area contributed by atoms with Crippen molar-refractivity contribution in [2.75, 3.05) is 13.2 Å². The minimum absolute atomic E-state index is 0.0896. The standard InChI is InChI=1S/C13H24O4/c1-3-5-6-7-13(8-9-14,12(16)11-15)17-10-4-2/h4,9,12,15-16H,2-3,5-8,10-11H2,1H3/t12-,13+/m0/s1. The van der Waals surface area contributed by atoms with Gasteiger partial charge in [0.1, 0.15) is 18.0 Å². The summed E-state index contributed by atoms with van der Waals surface area (Å²) in [5.74, 6) is 0. The van der Waals surface area contributed by atoms with Gasteiger partial charge in [-0.2, -0.15) is 0 Å². The smallest absolute Gasteiger partial charge is 0.122 e. The molecule has 0 amide bonds. The summed E-state index contributed by atoms with van der Waals surface area (Å²) in [6, 6.07) is 0. The van der Waals surface area contributed by atoms with Crippen molar-refractivity contribution in [2.45, 2.75) is 50.7 Å². The number of aliphatic hydroxyl groups excluding tert-OH is 2. The van der Waals surface area contributed by atoms with Gasteiger partial charge in [0.2, 0.25) is 0 Å². The van der Waals surface area contributed by atoms with E-state index >= 15 is 0 Å². The SMILES string of the molecule is C=CCO[C@@](CC=O)(CCCCC)[C@@H](O)CO. The third kappa shape index (κ3) is 5.44. The molecule has 0 aliphatic carbocycles. The topological polar surface area (TPSA) is 66.8 Å². The molecule has 4 heteroatoms. The second-order valence-electron chi connectivity index (χ2n) is 4.19. The normalized spacial score (nSPS) is 16.2. The van der Waals surface area contributed by atoms with Gasteiger partial charge in [-0.1, -0.05) is 32.3 Å². The molecule has 17 heavy (non-hydrogen) atoms. The fraction of sp³-hybridized carbons (Fsp3) is 0.769. The van der Waals surface area contributed by atoms with E-state index in [1.165, 1.54) is 0 Å². The average Bonchev–Trinajstić information content (AvgIpc) is 2.35. The molecule has 2 atom stereocenters. The number of carbonyl (C=O) groups excluding carboxylic acids is 1. The first kappa shape index (κ1) is 16.3. The van der Waals surface area contributed by atoms with Gasteiger partial charge in [-0.05, 0) is 6.42 Å². The number of unbranched alkanes of at least 4 members (excludes halogenated alkanes) is 2. The van der Waals surface area contributed by atoms with E-state index in [0.717, 1.165) is 25.5 Å². The van der Waals surface area contributed by atoms with Crippen LogP contribution in [0.5, 0.6) is 0 Å². The summed E-state index contributed by atoms with van der Waals surface area (Å²) in [5.41, 5.74) is -0.972. The molecule has 4 nitrogen and oxygen atoms in total. The molecule has 0 bridgehead atoms. The van der Waals surface area contributed by atoms with Crippen molar-refractivity contribution in [1.82, 2.24) is 0 Å². The molecule has 0 fully saturated rings. The maximum atomic E-state index is 10.7. The molecule has 0 spiro atoms. The van der Waals surface area contributed by atoms with Crippen molar-refractivity contribution < 1.29 is 19.7 Å².